The van der Waals surface area contributed by atoms with E-state index in [1.165, 1.54) is 22.9 Å². The number of anilines is 1. The van der Waals surface area contributed by atoms with E-state index in [9.17, 15) is 22.3 Å². The van der Waals surface area contributed by atoms with E-state index in [0.717, 1.165) is 6.07 Å². The van der Waals surface area contributed by atoms with Gasteiger partial charge in [-0.15, -0.1) is 0 Å². The van der Waals surface area contributed by atoms with Crippen LogP contribution in [-0.2, 0) is 9.84 Å². The average Bonchev–Trinajstić information content (AvgIpc) is 3.05. The number of halogens is 2. The predicted octanol–water partition coefficient (Wildman–Crippen LogP) is 2.98. The molecule has 3 aromatic heterocycles. The summed E-state index contributed by atoms with van der Waals surface area (Å²) in [5.41, 5.74) is 5.44. The van der Waals surface area contributed by atoms with E-state index in [0.29, 0.717) is 6.42 Å². The van der Waals surface area contributed by atoms with Crippen molar-refractivity contribution >= 4 is 21.3 Å². The first kappa shape index (κ1) is 22.9. The molecule has 31 heavy (non-hydrogen) atoms. The number of hydrogen-bond acceptors (Lipinski definition) is 7. The highest BCUT2D eigenvalue weighted by molar-refractivity contribution is 7.92. The first-order chi connectivity index (χ1) is 14.3. The molecule has 0 spiro atoms. The van der Waals surface area contributed by atoms with Crippen LogP contribution in [0.5, 0.6) is 5.75 Å². The highest BCUT2D eigenvalue weighted by Gasteiger charge is 2.34. The molecule has 0 saturated heterocycles. The molecule has 3 N–H and O–H groups in total. The number of aliphatic hydroxyl groups is 1. The van der Waals surface area contributed by atoms with Crippen molar-refractivity contribution in [3.8, 4) is 17.0 Å². The second-order valence-electron chi connectivity index (χ2n) is 8.17. The molecule has 3 heterocycles. The molecule has 8 nitrogen and oxygen atoms in total. The van der Waals surface area contributed by atoms with Crippen molar-refractivity contribution in [1.29, 1.82) is 0 Å². The summed E-state index contributed by atoms with van der Waals surface area (Å²) in [6.45, 7) is 6.30. The lowest BCUT2D eigenvalue weighted by atomic mass is 10.2. The number of rotatable bonds is 6. The Hall–Kier alpha value is -2.79. The summed E-state index contributed by atoms with van der Waals surface area (Å²) in [7, 11) is -3.89. The second-order valence-corrected chi connectivity index (χ2v) is 10.8. The van der Waals surface area contributed by atoms with Gasteiger partial charge in [0.05, 0.1) is 34.9 Å². The Kier molecular flexibility index (Phi) is 5.94. The number of imidazole rings is 1. The van der Waals surface area contributed by atoms with Gasteiger partial charge in [0, 0.05) is 18.7 Å². The maximum Gasteiger partial charge on any atom is 0.224 e. The highest BCUT2D eigenvalue weighted by atomic mass is 32.2. The largest absolute Gasteiger partial charge is 0.492 e. The van der Waals surface area contributed by atoms with Gasteiger partial charge in [-0.05, 0) is 33.8 Å². The third kappa shape index (κ3) is 4.33. The van der Waals surface area contributed by atoms with Crippen LogP contribution in [0.3, 0.4) is 0 Å². The first-order valence-electron chi connectivity index (χ1n) is 9.51. The zero-order valence-corrected chi connectivity index (χ0v) is 18.4. The topological polar surface area (TPSA) is 120 Å². The molecule has 0 aliphatic heterocycles. The predicted molar refractivity (Wildman–Crippen MR) is 111 cm³/mol. The van der Waals surface area contributed by atoms with Crippen LogP contribution < -0.4 is 10.5 Å². The molecule has 0 aliphatic rings. The number of ether oxygens (including phenoxy) is 1. The van der Waals surface area contributed by atoms with Crippen LogP contribution in [-0.4, -0.2) is 45.4 Å². The van der Waals surface area contributed by atoms with E-state index < -0.39 is 38.3 Å². The van der Waals surface area contributed by atoms with Crippen LogP contribution >= 0.6 is 0 Å². The second kappa shape index (κ2) is 8.04. The summed E-state index contributed by atoms with van der Waals surface area (Å²) in [4.78, 5) is 7.38. The van der Waals surface area contributed by atoms with Crippen LogP contribution in [0, 0.1) is 11.8 Å². The number of aliphatic hydroxyl groups excluding tert-OH is 1. The fourth-order valence-corrected chi connectivity index (χ4v) is 4.12. The number of aromatic nitrogens is 3. The number of pyridine rings is 2. The van der Waals surface area contributed by atoms with Crippen molar-refractivity contribution in [2.24, 2.45) is 0 Å². The minimum Gasteiger partial charge on any atom is -0.492 e. The van der Waals surface area contributed by atoms with Gasteiger partial charge in [-0.25, -0.2) is 17.8 Å². The summed E-state index contributed by atoms with van der Waals surface area (Å²) in [5, 5.41) is 9.46. The van der Waals surface area contributed by atoms with Crippen molar-refractivity contribution in [3.63, 3.8) is 0 Å². The van der Waals surface area contributed by atoms with E-state index in [4.69, 9.17) is 10.5 Å². The van der Waals surface area contributed by atoms with Crippen molar-refractivity contribution in [1.82, 2.24) is 14.4 Å². The number of sulfone groups is 1. The molecular formula is C20H24F2N4O4S. The number of nitrogens with zero attached hydrogens (tertiary/aromatic N) is 3. The summed E-state index contributed by atoms with van der Waals surface area (Å²) < 4.78 is 60.6. The molecule has 11 heteroatoms. The Labute approximate surface area is 178 Å². The quantitative estimate of drug-likeness (QED) is 0.550. The van der Waals surface area contributed by atoms with E-state index in [1.54, 1.807) is 27.7 Å². The molecule has 3 rings (SSSR count). The number of nitrogens with two attached hydrogens (primary N) is 1. The van der Waals surface area contributed by atoms with Crippen molar-refractivity contribution in [2.75, 3.05) is 12.3 Å². The van der Waals surface area contributed by atoms with Crippen LogP contribution in [0.15, 0.2) is 29.4 Å². The summed E-state index contributed by atoms with van der Waals surface area (Å²) in [6.07, 6.45) is 2.21. The van der Waals surface area contributed by atoms with E-state index in [1.807, 2.05) is 0 Å². The Morgan fingerprint density at radius 2 is 1.97 bits per heavy atom. The molecule has 168 valence electrons. The Morgan fingerprint density at radius 1 is 1.29 bits per heavy atom. The molecule has 0 amide bonds. The summed E-state index contributed by atoms with van der Waals surface area (Å²) in [5.74, 6) is -2.45. The molecule has 1 atom stereocenters. The van der Waals surface area contributed by atoms with Crippen LogP contribution in [0.4, 0.5) is 14.6 Å². The zero-order valence-electron chi connectivity index (χ0n) is 17.6. The molecule has 0 aromatic carbocycles. The van der Waals surface area contributed by atoms with Gasteiger partial charge in [-0.2, -0.15) is 9.37 Å². The molecule has 0 fully saturated rings. The first-order valence-corrected chi connectivity index (χ1v) is 11.0. The minimum atomic E-state index is -3.89. The Morgan fingerprint density at radius 3 is 2.58 bits per heavy atom. The van der Waals surface area contributed by atoms with E-state index in [2.05, 4.69) is 9.97 Å². The van der Waals surface area contributed by atoms with Gasteiger partial charge in [0.25, 0.3) is 0 Å². The van der Waals surface area contributed by atoms with Gasteiger partial charge in [0.1, 0.15) is 16.3 Å². The van der Waals surface area contributed by atoms with Gasteiger partial charge in [-0.1, -0.05) is 0 Å². The van der Waals surface area contributed by atoms with Gasteiger partial charge in [0.15, 0.2) is 21.5 Å². The molecule has 0 saturated carbocycles. The van der Waals surface area contributed by atoms with Crippen molar-refractivity contribution in [3.05, 3.63) is 36.3 Å². The lowest BCUT2D eigenvalue weighted by Crippen LogP contribution is -2.28. The molecule has 0 aliphatic carbocycles. The third-order valence-electron chi connectivity index (χ3n) is 4.70. The van der Waals surface area contributed by atoms with Crippen LogP contribution in [0.1, 0.15) is 34.1 Å². The van der Waals surface area contributed by atoms with Crippen molar-refractivity contribution in [2.45, 2.75) is 49.9 Å². The van der Waals surface area contributed by atoms with Gasteiger partial charge in [0.2, 0.25) is 5.95 Å². The molecule has 3 aromatic rings. The van der Waals surface area contributed by atoms with Gasteiger partial charge >= 0.3 is 0 Å². The van der Waals surface area contributed by atoms with Crippen LogP contribution in [0.2, 0.25) is 0 Å². The summed E-state index contributed by atoms with van der Waals surface area (Å²) >= 11 is 0. The number of nitrogen functional groups attached to an aromatic ring is 1. The Balaban J connectivity index is 2.23. The van der Waals surface area contributed by atoms with Crippen LogP contribution in [0.25, 0.3) is 16.9 Å². The lowest BCUT2D eigenvalue weighted by molar-refractivity contribution is 0.154. The molecular weight excluding hydrogens is 430 g/mol. The van der Waals surface area contributed by atoms with E-state index in [-0.39, 0.29) is 34.2 Å². The molecule has 0 unspecified atom stereocenters. The highest BCUT2D eigenvalue weighted by Crippen LogP contribution is 2.35. The fourth-order valence-electron chi connectivity index (χ4n) is 2.83. The smallest absolute Gasteiger partial charge is 0.224 e. The maximum absolute atomic E-state index is 14.4. The number of hydrogen-bond donors (Lipinski definition) is 2. The standard InChI is InChI=1S/C20H24F2N4O4S/c1-11(27)5-6-30-15-8-17-24-9-14(12-7-13(21)19(23)25-18(12)22)26(17)10-16(15)31(28,29)20(2,3)4/h7-11,27H,5-6H2,1-4H3,(H2,23,25)/t11-/m1/s1. The fraction of sp³-hybridized carbons (Fsp3) is 0.400. The monoisotopic (exact) mass is 454 g/mol. The van der Waals surface area contributed by atoms with Gasteiger partial charge < -0.3 is 15.6 Å². The lowest BCUT2D eigenvalue weighted by Gasteiger charge is -2.22. The SMILES string of the molecule is C[C@@H](O)CCOc1cc2ncc(-c3cc(F)c(N)nc3F)n2cc1S(=O)(=O)C(C)(C)C. The zero-order chi connectivity index (χ0) is 23.1. The summed E-state index contributed by atoms with van der Waals surface area (Å²) in [6, 6.07) is 2.29. The maximum atomic E-state index is 14.4. The van der Waals surface area contributed by atoms with E-state index >= 15 is 0 Å². The third-order valence-corrected chi connectivity index (χ3v) is 7.19. The minimum absolute atomic E-state index is 0.0577. The average molecular weight is 454 g/mol. The number of fused-ring (bicyclic) bond motifs is 1. The van der Waals surface area contributed by atoms with Gasteiger partial charge in [-0.3, -0.25) is 4.40 Å². The molecule has 0 bridgehead atoms. The van der Waals surface area contributed by atoms with Crippen molar-refractivity contribution < 1.29 is 27.0 Å². The molecule has 0 radical (unpaired) electrons. The normalized spacial score (nSPS) is 13.5. The Bertz CT molecular complexity index is 1230.